The molecule has 1 aliphatic rings. The summed E-state index contributed by atoms with van der Waals surface area (Å²) in [5.74, 6) is -0.185. The van der Waals surface area contributed by atoms with Gasteiger partial charge in [0.25, 0.3) is 0 Å². The molecule has 0 aromatic carbocycles. The molecule has 0 unspecified atom stereocenters. The molecule has 3 N–H and O–H groups in total. The van der Waals surface area contributed by atoms with Crippen molar-refractivity contribution in [2.45, 2.75) is 0 Å². The fraction of sp³-hybridized carbons (Fsp3) is 0.250. The lowest BCUT2D eigenvalue weighted by molar-refractivity contribution is 0.379. The Balaban J connectivity index is 2.86. The Labute approximate surface area is 46.0 Å². The molecule has 1 saturated heterocycles. The van der Waals surface area contributed by atoms with Gasteiger partial charge in [-0.25, -0.2) is 0 Å². The minimum atomic E-state index is -0.185. The zero-order valence-electron chi connectivity index (χ0n) is 4.12. The molecule has 4 nitrogen and oxygen atoms in total. The van der Waals surface area contributed by atoms with Gasteiger partial charge >= 0.3 is 0 Å². The maximum atomic E-state index is 6.89. The van der Waals surface area contributed by atoms with Gasteiger partial charge in [-0.2, -0.15) is 0 Å². The SMILES string of the molecule is N=C1COC(=N)C1=N. The first kappa shape index (κ1) is 4.96. The van der Waals surface area contributed by atoms with Gasteiger partial charge in [0.1, 0.15) is 12.3 Å². The maximum Gasteiger partial charge on any atom is 0.234 e. The van der Waals surface area contributed by atoms with Gasteiger partial charge < -0.3 is 4.74 Å². The molecule has 0 spiro atoms. The minimum Gasteiger partial charge on any atom is -0.470 e. The molecule has 1 fully saturated rings. The van der Waals surface area contributed by atoms with Gasteiger partial charge in [-0.3, -0.25) is 16.2 Å². The van der Waals surface area contributed by atoms with Crippen LogP contribution in [-0.2, 0) is 4.74 Å². The zero-order valence-corrected chi connectivity index (χ0v) is 4.12. The lowest BCUT2D eigenvalue weighted by Crippen LogP contribution is -2.10. The fourth-order valence-corrected chi connectivity index (χ4v) is 0.426. The second kappa shape index (κ2) is 1.40. The number of hydrogen-bond acceptors (Lipinski definition) is 4. The lowest BCUT2D eigenvalue weighted by atomic mass is 10.3. The van der Waals surface area contributed by atoms with Crippen LogP contribution in [-0.4, -0.2) is 23.9 Å². The highest BCUT2D eigenvalue weighted by atomic mass is 16.5. The van der Waals surface area contributed by atoms with E-state index in [-0.39, 0.29) is 23.9 Å². The quantitative estimate of drug-likeness (QED) is 0.405. The van der Waals surface area contributed by atoms with Gasteiger partial charge in [0, 0.05) is 0 Å². The summed E-state index contributed by atoms with van der Waals surface area (Å²) in [4.78, 5) is 0. The van der Waals surface area contributed by atoms with Crippen LogP contribution in [0.5, 0.6) is 0 Å². The van der Waals surface area contributed by atoms with Crippen molar-refractivity contribution in [1.82, 2.24) is 0 Å². The summed E-state index contributed by atoms with van der Waals surface area (Å²) >= 11 is 0. The Morgan fingerprint density at radius 2 is 1.88 bits per heavy atom. The van der Waals surface area contributed by atoms with E-state index in [1.807, 2.05) is 0 Å². The molecule has 0 saturated carbocycles. The van der Waals surface area contributed by atoms with Crippen molar-refractivity contribution in [3.63, 3.8) is 0 Å². The number of rotatable bonds is 0. The number of nitrogens with one attached hydrogen (secondary N) is 3. The molecule has 1 heterocycles. The topological polar surface area (TPSA) is 80.8 Å². The van der Waals surface area contributed by atoms with Crippen LogP contribution >= 0.6 is 0 Å². The Hall–Kier alpha value is -1.19. The van der Waals surface area contributed by atoms with E-state index in [2.05, 4.69) is 4.74 Å². The Morgan fingerprint density at radius 3 is 2.00 bits per heavy atom. The number of hydrogen-bond donors (Lipinski definition) is 3. The molecule has 0 aromatic rings. The highest BCUT2D eigenvalue weighted by Crippen LogP contribution is 1.95. The van der Waals surface area contributed by atoms with E-state index in [4.69, 9.17) is 16.2 Å². The van der Waals surface area contributed by atoms with E-state index < -0.39 is 0 Å². The van der Waals surface area contributed by atoms with Crippen molar-refractivity contribution in [3.05, 3.63) is 0 Å². The number of ether oxygens (including phenoxy) is 1. The van der Waals surface area contributed by atoms with E-state index in [0.717, 1.165) is 0 Å². The molecule has 1 rings (SSSR count). The van der Waals surface area contributed by atoms with Gasteiger partial charge in [0.2, 0.25) is 5.90 Å². The summed E-state index contributed by atoms with van der Waals surface area (Å²) in [6.45, 7) is 0.0949. The van der Waals surface area contributed by atoms with E-state index in [1.54, 1.807) is 0 Å². The van der Waals surface area contributed by atoms with E-state index in [9.17, 15) is 0 Å². The Kier molecular flexibility index (Phi) is 0.865. The standard InChI is InChI=1S/C4H5N3O/c5-2-1-8-4(7)3(2)6/h5-7H,1H2. The van der Waals surface area contributed by atoms with Gasteiger partial charge in [-0.15, -0.1) is 0 Å². The molecule has 0 aromatic heterocycles. The summed E-state index contributed by atoms with van der Waals surface area (Å²) in [7, 11) is 0. The first-order valence-electron chi connectivity index (χ1n) is 2.10. The molecule has 0 aliphatic carbocycles. The van der Waals surface area contributed by atoms with Crippen molar-refractivity contribution in [2.75, 3.05) is 6.61 Å². The van der Waals surface area contributed by atoms with Crippen LogP contribution in [0, 0.1) is 16.2 Å². The molecule has 1 aliphatic heterocycles. The predicted molar refractivity (Wildman–Crippen MR) is 29.1 cm³/mol. The van der Waals surface area contributed by atoms with E-state index in [0.29, 0.717) is 0 Å². The van der Waals surface area contributed by atoms with Gasteiger partial charge in [0.05, 0.1) is 5.71 Å². The second-order valence-corrected chi connectivity index (χ2v) is 1.47. The summed E-state index contributed by atoms with van der Waals surface area (Å²) < 4.78 is 4.51. The molecule has 42 valence electrons. The third-order valence-electron chi connectivity index (χ3n) is 0.890. The predicted octanol–water partition coefficient (Wildman–Crippen LogP) is 0.0334. The van der Waals surface area contributed by atoms with Gasteiger partial charge in [-0.1, -0.05) is 0 Å². The summed E-state index contributed by atoms with van der Waals surface area (Å²) in [6.07, 6.45) is 0. The third kappa shape index (κ3) is 0.501. The van der Waals surface area contributed by atoms with E-state index in [1.165, 1.54) is 0 Å². The van der Waals surface area contributed by atoms with Crippen molar-refractivity contribution < 1.29 is 4.74 Å². The van der Waals surface area contributed by atoms with Crippen LogP contribution in [0.1, 0.15) is 0 Å². The van der Waals surface area contributed by atoms with Crippen LogP contribution < -0.4 is 0 Å². The van der Waals surface area contributed by atoms with Gasteiger partial charge in [0.15, 0.2) is 0 Å². The summed E-state index contributed by atoms with van der Waals surface area (Å²) in [5, 5.41) is 20.6. The van der Waals surface area contributed by atoms with Crippen molar-refractivity contribution in [3.8, 4) is 0 Å². The molecule has 8 heavy (non-hydrogen) atoms. The second-order valence-electron chi connectivity index (χ2n) is 1.47. The summed E-state index contributed by atoms with van der Waals surface area (Å²) in [6, 6.07) is 0. The third-order valence-corrected chi connectivity index (χ3v) is 0.890. The van der Waals surface area contributed by atoms with Crippen LogP contribution in [0.2, 0.25) is 0 Å². The molecular weight excluding hydrogens is 106 g/mol. The molecule has 4 heteroatoms. The normalized spacial score (nSPS) is 19.2. The van der Waals surface area contributed by atoms with Crippen LogP contribution in [0.3, 0.4) is 0 Å². The molecule has 0 atom stereocenters. The summed E-state index contributed by atoms with van der Waals surface area (Å²) in [5.41, 5.74) is 0.000000000000000444. The molecule has 0 radical (unpaired) electrons. The molecular formula is C4H5N3O. The minimum absolute atomic E-state index is 0.0926. The lowest BCUT2D eigenvalue weighted by Gasteiger charge is -1.84. The first-order chi connectivity index (χ1) is 3.72. The smallest absolute Gasteiger partial charge is 0.234 e. The fourth-order valence-electron chi connectivity index (χ4n) is 0.426. The monoisotopic (exact) mass is 111 g/mol. The molecule has 0 bridgehead atoms. The highest BCUT2D eigenvalue weighted by Gasteiger charge is 2.20. The van der Waals surface area contributed by atoms with Crippen molar-refractivity contribution in [1.29, 1.82) is 16.2 Å². The Bertz CT molecular complexity index is 154. The van der Waals surface area contributed by atoms with Crippen LogP contribution in [0.25, 0.3) is 0 Å². The maximum absolute atomic E-state index is 6.89. The Morgan fingerprint density at radius 1 is 1.25 bits per heavy atom. The van der Waals surface area contributed by atoms with Crippen LogP contribution in [0.15, 0.2) is 0 Å². The average molecular weight is 111 g/mol. The first-order valence-corrected chi connectivity index (χ1v) is 2.10. The highest BCUT2D eigenvalue weighted by molar-refractivity contribution is 6.67. The van der Waals surface area contributed by atoms with Crippen LogP contribution in [0.4, 0.5) is 0 Å². The van der Waals surface area contributed by atoms with Crippen molar-refractivity contribution in [2.24, 2.45) is 0 Å². The molecule has 0 amide bonds. The van der Waals surface area contributed by atoms with Crippen molar-refractivity contribution >= 4 is 17.3 Å². The van der Waals surface area contributed by atoms with Gasteiger partial charge in [-0.05, 0) is 0 Å². The zero-order chi connectivity index (χ0) is 6.15. The van der Waals surface area contributed by atoms with E-state index >= 15 is 0 Å². The largest absolute Gasteiger partial charge is 0.470 e. The average Bonchev–Trinajstić information content (AvgIpc) is 1.98.